The average Bonchev–Trinajstić information content (AvgIpc) is 3.42. The maximum atomic E-state index is 12.6. The van der Waals surface area contributed by atoms with Gasteiger partial charge in [0.15, 0.2) is 0 Å². The van der Waals surface area contributed by atoms with Crippen molar-refractivity contribution >= 4 is 11.7 Å². The van der Waals surface area contributed by atoms with Gasteiger partial charge in [0.2, 0.25) is 0 Å². The van der Waals surface area contributed by atoms with Gasteiger partial charge in [-0.25, -0.2) is 4.79 Å². The molecule has 0 saturated heterocycles. The van der Waals surface area contributed by atoms with E-state index in [-0.39, 0.29) is 12.2 Å². The number of anilines is 1. The summed E-state index contributed by atoms with van der Waals surface area (Å²) in [5.41, 5.74) is 1.93. The van der Waals surface area contributed by atoms with Gasteiger partial charge in [-0.15, -0.1) is 0 Å². The predicted molar refractivity (Wildman–Crippen MR) is 110 cm³/mol. The number of hydrogen-bond donors (Lipinski definition) is 2. The van der Waals surface area contributed by atoms with Crippen LogP contribution in [0.3, 0.4) is 0 Å². The Morgan fingerprint density at radius 3 is 2.48 bits per heavy atom. The summed E-state index contributed by atoms with van der Waals surface area (Å²) in [5.74, 6) is 0. The Hall–Kier alpha value is -3.36. The number of benzene rings is 1. The highest BCUT2D eigenvalue weighted by Crippen LogP contribution is 2.33. The van der Waals surface area contributed by atoms with Crippen LogP contribution in [0, 0.1) is 0 Å². The van der Waals surface area contributed by atoms with Crippen LogP contribution < -0.4 is 10.6 Å². The molecule has 1 saturated carbocycles. The van der Waals surface area contributed by atoms with E-state index in [2.05, 4.69) is 15.6 Å². The monoisotopic (exact) mass is 429 g/mol. The zero-order chi connectivity index (χ0) is 21.8. The van der Waals surface area contributed by atoms with Gasteiger partial charge in [0, 0.05) is 11.9 Å². The van der Waals surface area contributed by atoms with Crippen LogP contribution in [-0.4, -0.2) is 20.8 Å². The summed E-state index contributed by atoms with van der Waals surface area (Å²) < 4.78 is 39.9. The van der Waals surface area contributed by atoms with Crippen molar-refractivity contribution < 1.29 is 18.0 Å². The molecule has 31 heavy (non-hydrogen) atoms. The molecule has 9 heteroatoms. The van der Waals surface area contributed by atoms with Crippen molar-refractivity contribution in [2.45, 2.75) is 44.4 Å². The first-order chi connectivity index (χ1) is 14.9. The van der Waals surface area contributed by atoms with Crippen LogP contribution in [0.1, 0.15) is 43.0 Å². The van der Waals surface area contributed by atoms with Gasteiger partial charge in [-0.2, -0.15) is 18.3 Å². The number of carbonyl (C=O) groups excluding carboxylic acids is 1. The second-order valence-electron chi connectivity index (χ2n) is 7.50. The van der Waals surface area contributed by atoms with Gasteiger partial charge in [0.25, 0.3) is 0 Å². The smallest absolute Gasteiger partial charge is 0.332 e. The minimum Gasteiger partial charge on any atom is -0.332 e. The Bertz CT molecular complexity index is 1030. The predicted octanol–water partition coefficient (Wildman–Crippen LogP) is 5.40. The van der Waals surface area contributed by atoms with Crippen molar-refractivity contribution in [3.05, 3.63) is 66.0 Å². The summed E-state index contributed by atoms with van der Waals surface area (Å²) in [6, 6.07) is 11.7. The molecule has 0 bridgehead atoms. The third-order valence-electron chi connectivity index (χ3n) is 5.28. The second-order valence-corrected chi connectivity index (χ2v) is 7.50. The van der Waals surface area contributed by atoms with Crippen molar-refractivity contribution in [2.24, 2.45) is 0 Å². The molecule has 1 aliphatic carbocycles. The molecule has 2 N–H and O–H groups in total. The highest BCUT2D eigenvalue weighted by Gasteiger charge is 2.30. The molecule has 1 fully saturated rings. The molecule has 0 radical (unpaired) electrons. The number of nitrogens with one attached hydrogen (secondary N) is 2. The average molecular weight is 429 g/mol. The molecule has 0 spiro atoms. The molecular formula is C22H22F3N5O. The van der Waals surface area contributed by atoms with E-state index in [1.807, 2.05) is 28.9 Å². The number of amides is 2. The minimum absolute atomic E-state index is 0.187. The van der Waals surface area contributed by atoms with E-state index < -0.39 is 17.8 Å². The van der Waals surface area contributed by atoms with E-state index in [9.17, 15) is 18.0 Å². The van der Waals surface area contributed by atoms with E-state index in [0.717, 1.165) is 49.2 Å². The molecule has 162 valence electrons. The highest BCUT2D eigenvalue weighted by atomic mass is 19.4. The van der Waals surface area contributed by atoms with Crippen LogP contribution in [0.2, 0.25) is 0 Å². The van der Waals surface area contributed by atoms with Crippen molar-refractivity contribution in [3.63, 3.8) is 0 Å². The molecule has 0 aliphatic heterocycles. The van der Waals surface area contributed by atoms with Gasteiger partial charge in [0.05, 0.1) is 35.2 Å². The number of urea groups is 1. The van der Waals surface area contributed by atoms with Gasteiger partial charge in [-0.1, -0.05) is 18.9 Å². The molecule has 4 rings (SSSR count). The number of aromatic nitrogens is 3. The van der Waals surface area contributed by atoms with Gasteiger partial charge in [-0.05, 0) is 55.3 Å². The lowest BCUT2D eigenvalue weighted by atomic mass is 10.2. The summed E-state index contributed by atoms with van der Waals surface area (Å²) >= 11 is 0. The van der Waals surface area contributed by atoms with Gasteiger partial charge >= 0.3 is 12.2 Å². The Labute approximate surface area is 177 Å². The van der Waals surface area contributed by atoms with Crippen LogP contribution in [-0.2, 0) is 12.7 Å². The molecule has 2 amide bonds. The fourth-order valence-corrected chi connectivity index (χ4v) is 3.75. The van der Waals surface area contributed by atoms with E-state index >= 15 is 0 Å². The number of carbonyl (C=O) groups is 1. The minimum atomic E-state index is -4.41. The molecule has 2 aromatic heterocycles. The Morgan fingerprint density at radius 2 is 1.84 bits per heavy atom. The number of alkyl halides is 3. The normalized spacial score (nSPS) is 14.5. The van der Waals surface area contributed by atoms with Crippen molar-refractivity contribution in [1.29, 1.82) is 0 Å². The van der Waals surface area contributed by atoms with Crippen LogP contribution in [0.15, 0.2) is 54.7 Å². The first kappa shape index (κ1) is 20.9. The van der Waals surface area contributed by atoms with E-state index in [4.69, 9.17) is 5.10 Å². The molecule has 0 atom stereocenters. The van der Waals surface area contributed by atoms with Crippen LogP contribution in [0.5, 0.6) is 0 Å². The van der Waals surface area contributed by atoms with Crippen LogP contribution in [0.4, 0.5) is 23.7 Å². The first-order valence-electron chi connectivity index (χ1n) is 10.1. The maximum absolute atomic E-state index is 12.6. The summed E-state index contributed by atoms with van der Waals surface area (Å²) in [6.45, 7) is 0.187. The Morgan fingerprint density at radius 1 is 1.10 bits per heavy atom. The van der Waals surface area contributed by atoms with E-state index in [1.165, 1.54) is 12.1 Å². The van der Waals surface area contributed by atoms with Gasteiger partial charge in [0.1, 0.15) is 0 Å². The quantitative estimate of drug-likeness (QED) is 0.570. The number of pyridine rings is 1. The van der Waals surface area contributed by atoms with Crippen LogP contribution in [0.25, 0.3) is 11.4 Å². The summed E-state index contributed by atoms with van der Waals surface area (Å²) in [5, 5.41) is 9.94. The lowest BCUT2D eigenvalue weighted by Gasteiger charge is -2.13. The molecule has 2 heterocycles. The largest absolute Gasteiger partial charge is 0.416 e. The Balaban J connectivity index is 1.43. The summed E-state index contributed by atoms with van der Waals surface area (Å²) in [6.07, 6.45) is 1.76. The molecule has 6 nitrogen and oxygen atoms in total. The van der Waals surface area contributed by atoms with Crippen LogP contribution >= 0.6 is 0 Å². The first-order valence-corrected chi connectivity index (χ1v) is 10.1. The lowest BCUT2D eigenvalue weighted by molar-refractivity contribution is -0.137. The molecule has 3 aromatic rings. The van der Waals surface area contributed by atoms with Gasteiger partial charge < -0.3 is 10.6 Å². The standard InChI is InChI=1S/C22H22F3N5O/c23-22(24,25)15-8-10-16(11-9-15)28-21(31)27-14-17-13-20(19-7-3-4-12-26-19)30(29-17)18-5-1-2-6-18/h3-4,7-13,18H,1-2,5-6,14H2,(H2,27,28,31). The zero-order valence-corrected chi connectivity index (χ0v) is 16.7. The maximum Gasteiger partial charge on any atom is 0.416 e. The van der Waals surface area contributed by atoms with Crippen molar-refractivity contribution in [3.8, 4) is 11.4 Å². The third-order valence-corrected chi connectivity index (χ3v) is 5.28. The highest BCUT2D eigenvalue weighted by molar-refractivity contribution is 5.89. The molecular weight excluding hydrogens is 407 g/mol. The number of rotatable bonds is 5. The van der Waals surface area contributed by atoms with Gasteiger partial charge in [-0.3, -0.25) is 9.67 Å². The number of halogens is 3. The van der Waals surface area contributed by atoms with E-state index in [1.54, 1.807) is 6.20 Å². The topological polar surface area (TPSA) is 71.8 Å². The molecule has 1 aliphatic rings. The number of hydrogen-bond acceptors (Lipinski definition) is 3. The summed E-state index contributed by atoms with van der Waals surface area (Å²) in [7, 11) is 0. The van der Waals surface area contributed by atoms with Crippen molar-refractivity contribution in [1.82, 2.24) is 20.1 Å². The second kappa shape index (κ2) is 8.79. The fourth-order valence-electron chi connectivity index (χ4n) is 3.75. The Kier molecular flexibility index (Phi) is 5.92. The summed E-state index contributed by atoms with van der Waals surface area (Å²) in [4.78, 5) is 16.6. The fraction of sp³-hybridized carbons (Fsp3) is 0.318. The van der Waals surface area contributed by atoms with Crippen molar-refractivity contribution in [2.75, 3.05) is 5.32 Å². The zero-order valence-electron chi connectivity index (χ0n) is 16.7. The lowest BCUT2D eigenvalue weighted by Crippen LogP contribution is -2.28. The molecule has 0 unspecified atom stereocenters. The third kappa shape index (κ3) is 5.04. The molecule has 1 aromatic carbocycles. The SMILES string of the molecule is O=C(NCc1cc(-c2ccccn2)n(C2CCCC2)n1)Nc1ccc(C(F)(F)F)cc1. The number of nitrogens with zero attached hydrogens (tertiary/aromatic N) is 3. The van der Waals surface area contributed by atoms with E-state index in [0.29, 0.717) is 11.7 Å².